The Kier molecular flexibility index (Phi) is 7.83. The van der Waals surface area contributed by atoms with Gasteiger partial charge in [0.25, 0.3) is 0 Å². The van der Waals surface area contributed by atoms with Gasteiger partial charge in [0.1, 0.15) is 0 Å². The van der Waals surface area contributed by atoms with Gasteiger partial charge in [0.2, 0.25) is 0 Å². The summed E-state index contributed by atoms with van der Waals surface area (Å²) in [5.74, 6) is 0. The number of fused-ring (bicyclic) bond motifs is 6. The van der Waals surface area contributed by atoms with E-state index in [1.807, 2.05) is 49.4 Å². The molecule has 0 atom stereocenters. The van der Waals surface area contributed by atoms with E-state index >= 15 is 0 Å². The van der Waals surface area contributed by atoms with Crippen molar-refractivity contribution in [2.24, 2.45) is 0 Å². The molecule has 0 heterocycles. The molecule has 0 N–H and O–H groups in total. The van der Waals surface area contributed by atoms with Gasteiger partial charge >= 0.3 is 287 Å². The van der Waals surface area contributed by atoms with Crippen LogP contribution in [0.1, 0.15) is 23.6 Å². The molecular formula is C39H21B8. The Bertz CT molecular complexity index is 2510. The Morgan fingerprint density at radius 1 is 0.532 bits per heavy atom. The molecule has 7 aromatic carbocycles. The van der Waals surface area contributed by atoms with E-state index in [0.717, 1.165) is 49.0 Å². The summed E-state index contributed by atoms with van der Waals surface area (Å²) in [6.07, 6.45) is 0. The van der Waals surface area contributed by atoms with Crippen LogP contribution in [0.25, 0.3) is 70.8 Å². The number of aryl methyl sites for hydroxylation is 1. The van der Waals surface area contributed by atoms with Crippen LogP contribution in [-0.4, -0.2) is 67.8 Å². The minimum atomic E-state index is 0.0346. The van der Waals surface area contributed by atoms with Gasteiger partial charge < -0.3 is 0 Å². The first-order valence-electron chi connectivity index (χ1n) is 15.3. The van der Waals surface area contributed by atoms with Crippen LogP contribution in [0.4, 0.5) is 0 Å². The molecule has 0 bridgehead atoms. The van der Waals surface area contributed by atoms with Crippen LogP contribution in [-0.2, 0) is 0 Å². The predicted octanol–water partition coefficient (Wildman–Crippen LogP) is 3.96. The van der Waals surface area contributed by atoms with Crippen molar-refractivity contribution in [2.75, 3.05) is 0 Å². The molecule has 15 radical (unpaired) electrons. The van der Waals surface area contributed by atoms with E-state index in [0.29, 0.717) is 44.0 Å². The molecule has 0 saturated carbocycles. The third kappa shape index (κ3) is 4.83. The van der Waals surface area contributed by atoms with Gasteiger partial charge in [-0.05, 0) is 0 Å². The van der Waals surface area contributed by atoms with Gasteiger partial charge in [-0.3, -0.25) is 0 Å². The molecule has 201 valence electrons. The zero-order chi connectivity index (χ0) is 33.3. The van der Waals surface area contributed by atoms with Crippen LogP contribution in [0.15, 0.2) is 96.5 Å². The molecular weight excluding hydrogens is 555 g/mol. The summed E-state index contributed by atoms with van der Waals surface area (Å²) < 4.78 is 0. The van der Waals surface area contributed by atoms with Gasteiger partial charge in [-0.25, -0.2) is 0 Å². The monoisotopic (exact) mass is 577 g/mol. The molecule has 7 rings (SSSR count). The van der Waals surface area contributed by atoms with E-state index < -0.39 is 0 Å². The van der Waals surface area contributed by atoms with Gasteiger partial charge in [-0.1, -0.05) is 0 Å². The molecule has 0 unspecified atom stereocenters. The molecule has 7 aromatic rings. The summed E-state index contributed by atoms with van der Waals surface area (Å²) in [6, 6.07) is 31.0. The quantitative estimate of drug-likeness (QED) is 0.220. The standard InChI is InChI=1S/C39H21B8/c1-18-11-13-21(14-12-18)28-30-31(36(43)38(45)37(44)35(30)42)29(32(33(28)39(46)47)34(41)19(2)40)26-17-22-16-15-20-7-3-4-8-23(20)27(22)25-10-6-5-9-24(25)26/h3-17H,1-2H3/b34-19-. The van der Waals surface area contributed by atoms with Crippen molar-refractivity contribution in [1.29, 1.82) is 0 Å². The number of hydrogen-bond donors (Lipinski definition) is 0. The predicted molar refractivity (Wildman–Crippen MR) is 213 cm³/mol. The van der Waals surface area contributed by atoms with E-state index in [9.17, 15) is 0 Å². The Hall–Kier alpha value is -4.29. The molecule has 0 spiro atoms. The average molecular weight is 576 g/mol. The second-order valence-corrected chi connectivity index (χ2v) is 12.2. The fourth-order valence-corrected chi connectivity index (χ4v) is 6.97. The minimum absolute atomic E-state index is 0.0346. The first kappa shape index (κ1) is 31.3. The Morgan fingerprint density at radius 3 is 1.70 bits per heavy atom. The average Bonchev–Trinajstić information content (AvgIpc) is 3.07. The fourth-order valence-electron chi connectivity index (χ4n) is 6.97. The number of hydrogen-bond acceptors (Lipinski definition) is 0. The third-order valence-electron chi connectivity index (χ3n) is 9.25. The second-order valence-electron chi connectivity index (χ2n) is 12.2. The molecule has 0 aromatic heterocycles. The Morgan fingerprint density at radius 2 is 1.09 bits per heavy atom. The van der Waals surface area contributed by atoms with Gasteiger partial charge in [0.05, 0.1) is 0 Å². The van der Waals surface area contributed by atoms with Crippen LogP contribution < -0.4 is 21.9 Å². The van der Waals surface area contributed by atoms with Crippen molar-refractivity contribution in [3.8, 4) is 22.3 Å². The van der Waals surface area contributed by atoms with E-state index in [-0.39, 0.29) is 27.2 Å². The van der Waals surface area contributed by atoms with Crippen LogP contribution in [0.3, 0.4) is 0 Å². The SMILES string of the molecule is [B]C(=[B])c1c(/C([B])=C(/[B])C)c(-c2cc3ccc4ccccc4c3c3ccccc23)c2c([B])c([B])c([B])c([B])c2c1-c1ccc(C)cc1. The molecule has 0 nitrogen and oxygen atoms in total. The summed E-state index contributed by atoms with van der Waals surface area (Å²) in [5, 5.41) is 7.64. The fraction of sp³-hybridized carbons (Fsp3) is 0.0513. The van der Waals surface area contributed by atoms with E-state index in [4.69, 9.17) is 62.4 Å². The summed E-state index contributed by atoms with van der Waals surface area (Å²) in [6.45, 7) is 3.75. The molecule has 0 aliphatic carbocycles. The van der Waals surface area contributed by atoms with Gasteiger partial charge in [-0.15, -0.1) is 0 Å². The Labute approximate surface area is 286 Å². The molecule has 0 aliphatic heterocycles. The molecule has 0 amide bonds. The molecule has 47 heavy (non-hydrogen) atoms. The van der Waals surface area contributed by atoms with Gasteiger partial charge in [-0.2, -0.15) is 0 Å². The van der Waals surface area contributed by atoms with Gasteiger partial charge in [0.15, 0.2) is 0 Å². The first-order valence-corrected chi connectivity index (χ1v) is 15.3. The normalized spacial score (nSPS) is 12.2. The number of benzene rings is 7. The number of allylic oxidation sites excluding steroid dienone is 1. The van der Waals surface area contributed by atoms with E-state index in [2.05, 4.69) is 48.5 Å². The zero-order valence-corrected chi connectivity index (χ0v) is 26.3. The Balaban J connectivity index is 1.83. The molecule has 0 aliphatic rings. The maximum atomic E-state index is 6.98. The summed E-state index contributed by atoms with van der Waals surface area (Å²) in [5.41, 5.74) is 6.58. The van der Waals surface area contributed by atoms with Crippen molar-refractivity contribution in [3.63, 3.8) is 0 Å². The van der Waals surface area contributed by atoms with Crippen molar-refractivity contribution >= 4 is 138 Å². The summed E-state index contributed by atoms with van der Waals surface area (Å²) in [4.78, 5) is 0. The van der Waals surface area contributed by atoms with E-state index in [1.165, 1.54) is 0 Å². The first-order chi connectivity index (χ1) is 22.5. The van der Waals surface area contributed by atoms with Crippen molar-refractivity contribution < 1.29 is 0 Å². The van der Waals surface area contributed by atoms with Crippen LogP contribution in [0, 0.1) is 6.92 Å². The molecule has 0 saturated heterocycles. The van der Waals surface area contributed by atoms with E-state index in [1.54, 1.807) is 6.92 Å². The summed E-state index contributed by atoms with van der Waals surface area (Å²) >= 11 is 0. The van der Waals surface area contributed by atoms with Gasteiger partial charge in [0, 0.05) is 0 Å². The number of rotatable bonds is 4. The maximum absolute atomic E-state index is 6.98. The van der Waals surface area contributed by atoms with Crippen molar-refractivity contribution in [3.05, 3.63) is 113 Å². The molecule has 8 heteroatoms. The molecule has 0 fully saturated rings. The second kappa shape index (κ2) is 11.7. The summed E-state index contributed by atoms with van der Waals surface area (Å²) in [7, 11) is 53.7. The van der Waals surface area contributed by atoms with Crippen LogP contribution in [0.5, 0.6) is 0 Å². The van der Waals surface area contributed by atoms with Crippen molar-refractivity contribution in [2.45, 2.75) is 13.8 Å². The third-order valence-corrected chi connectivity index (χ3v) is 9.25. The van der Waals surface area contributed by atoms with Crippen LogP contribution in [0.2, 0.25) is 0 Å². The van der Waals surface area contributed by atoms with Crippen LogP contribution >= 0.6 is 0 Å². The topological polar surface area (TPSA) is 0 Å². The van der Waals surface area contributed by atoms with Crippen molar-refractivity contribution in [1.82, 2.24) is 0 Å². The zero-order valence-electron chi connectivity index (χ0n) is 26.3.